The van der Waals surface area contributed by atoms with Crippen LogP contribution in [0.4, 0.5) is 5.69 Å². The molecular formula is C14H15ClN4O4. The van der Waals surface area contributed by atoms with Gasteiger partial charge in [0.15, 0.2) is 0 Å². The van der Waals surface area contributed by atoms with Crippen LogP contribution < -0.4 is 5.32 Å². The Kier molecular flexibility index (Phi) is 5.67. The Morgan fingerprint density at radius 3 is 2.70 bits per heavy atom. The highest BCUT2D eigenvalue weighted by Crippen LogP contribution is 2.16. The second-order valence-corrected chi connectivity index (χ2v) is 5.26. The normalized spacial score (nSPS) is 11.9. The molecule has 0 aliphatic carbocycles. The average molecular weight is 339 g/mol. The number of carbonyl (C=O) groups is 1. The van der Waals surface area contributed by atoms with Gasteiger partial charge in [-0.05, 0) is 17.7 Å². The molecule has 0 bridgehead atoms. The van der Waals surface area contributed by atoms with Crippen LogP contribution in [-0.4, -0.2) is 32.3 Å². The van der Waals surface area contributed by atoms with Gasteiger partial charge in [0.2, 0.25) is 5.91 Å². The number of aryl methyl sites for hydroxylation is 1. The number of nitrogens with zero attached hydrogens (tertiary/aromatic N) is 3. The molecule has 0 saturated carbocycles. The molecule has 0 radical (unpaired) electrons. The predicted molar refractivity (Wildman–Crippen MR) is 82.9 cm³/mol. The number of benzene rings is 1. The van der Waals surface area contributed by atoms with E-state index in [-0.39, 0.29) is 31.2 Å². The molecule has 23 heavy (non-hydrogen) atoms. The Morgan fingerprint density at radius 1 is 1.43 bits per heavy atom. The molecule has 0 saturated heterocycles. The van der Waals surface area contributed by atoms with Gasteiger partial charge in [-0.25, -0.2) is 0 Å². The molecule has 8 nitrogen and oxygen atoms in total. The molecule has 0 spiro atoms. The molecule has 2 N–H and O–H groups in total. The van der Waals surface area contributed by atoms with Gasteiger partial charge >= 0.3 is 5.69 Å². The van der Waals surface area contributed by atoms with Crippen molar-refractivity contribution < 1.29 is 14.8 Å². The maximum atomic E-state index is 11.9. The molecule has 1 atom stereocenters. The van der Waals surface area contributed by atoms with E-state index in [1.807, 2.05) is 0 Å². The van der Waals surface area contributed by atoms with Crippen molar-refractivity contribution in [2.24, 2.45) is 0 Å². The van der Waals surface area contributed by atoms with Crippen molar-refractivity contribution in [3.63, 3.8) is 0 Å². The van der Waals surface area contributed by atoms with Gasteiger partial charge < -0.3 is 10.4 Å². The zero-order chi connectivity index (χ0) is 16.8. The highest BCUT2D eigenvalue weighted by Gasteiger charge is 2.14. The minimum absolute atomic E-state index is 0.0862. The Balaban J connectivity index is 1.89. The third kappa shape index (κ3) is 4.76. The molecule has 1 aromatic carbocycles. The van der Waals surface area contributed by atoms with Crippen LogP contribution in [0.3, 0.4) is 0 Å². The second-order valence-electron chi connectivity index (χ2n) is 4.82. The molecule has 0 aliphatic rings. The summed E-state index contributed by atoms with van der Waals surface area (Å²) >= 11 is 5.80. The molecule has 9 heteroatoms. The Bertz CT molecular complexity index is 686. The SMILES string of the molecule is O=C(CCn1cc([N+](=O)[O-])cn1)NC(CO)c1ccc(Cl)cc1. The quantitative estimate of drug-likeness (QED) is 0.589. The van der Waals surface area contributed by atoms with Crippen LogP contribution in [0.5, 0.6) is 0 Å². The van der Waals surface area contributed by atoms with E-state index in [0.717, 1.165) is 11.8 Å². The first kappa shape index (κ1) is 16.9. The first-order chi connectivity index (χ1) is 11.0. The molecule has 1 unspecified atom stereocenters. The minimum Gasteiger partial charge on any atom is -0.394 e. The number of nitrogens with one attached hydrogen (secondary N) is 1. The van der Waals surface area contributed by atoms with Crippen LogP contribution >= 0.6 is 11.6 Å². The summed E-state index contributed by atoms with van der Waals surface area (Å²) in [5.74, 6) is -0.294. The molecule has 2 rings (SSSR count). The van der Waals surface area contributed by atoms with Crippen molar-refractivity contribution in [3.8, 4) is 0 Å². The number of aromatic nitrogens is 2. The Hall–Kier alpha value is -2.45. The number of halogens is 1. The monoisotopic (exact) mass is 338 g/mol. The molecule has 1 heterocycles. The fourth-order valence-corrected chi connectivity index (χ4v) is 2.11. The van der Waals surface area contributed by atoms with E-state index in [4.69, 9.17) is 11.6 Å². The van der Waals surface area contributed by atoms with Gasteiger partial charge in [0.1, 0.15) is 12.4 Å². The second kappa shape index (κ2) is 7.70. The smallest absolute Gasteiger partial charge is 0.306 e. The van der Waals surface area contributed by atoms with Crippen LogP contribution in [0.15, 0.2) is 36.7 Å². The van der Waals surface area contributed by atoms with E-state index < -0.39 is 11.0 Å². The van der Waals surface area contributed by atoms with Crippen molar-refractivity contribution >= 4 is 23.2 Å². The van der Waals surface area contributed by atoms with Crippen molar-refractivity contribution in [3.05, 3.63) is 57.4 Å². The zero-order valence-electron chi connectivity index (χ0n) is 12.1. The minimum atomic E-state index is -0.550. The number of amides is 1. The van der Waals surface area contributed by atoms with E-state index >= 15 is 0 Å². The van der Waals surface area contributed by atoms with Crippen LogP contribution in [0.1, 0.15) is 18.0 Å². The zero-order valence-corrected chi connectivity index (χ0v) is 12.8. The van der Waals surface area contributed by atoms with Gasteiger partial charge in [0.25, 0.3) is 0 Å². The number of nitro groups is 1. The number of aliphatic hydroxyl groups is 1. The van der Waals surface area contributed by atoms with Crippen molar-refractivity contribution in [2.45, 2.75) is 19.0 Å². The highest BCUT2D eigenvalue weighted by atomic mass is 35.5. The topological polar surface area (TPSA) is 110 Å². The summed E-state index contributed by atoms with van der Waals surface area (Å²) in [5.41, 5.74) is 0.611. The maximum Gasteiger partial charge on any atom is 0.306 e. The highest BCUT2D eigenvalue weighted by molar-refractivity contribution is 6.30. The van der Waals surface area contributed by atoms with E-state index in [1.165, 1.54) is 10.9 Å². The van der Waals surface area contributed by atoms with Gasteiger partial charge in [0, 0.05) is 18.0 Å². The lowest BCUT2D eigenvalue weighted by Crippen LogP contribution is -2.31. The first-order valence-electron chi connectivity index (χ1n) is 6.82. The molecule has 0 aliphatic heterocycles. The Morgan fingerprint density at radius 2 is 2.13 bits per heavy atom. The summed E-state index contributed by atoms with van der Waals surface area (Å²) in [6.07, 6.45) is 2.47. The lowest BCUT2D eigenvalue weighted by Gasteiger charge is -2.16. The van der Waals surface area contributed by atoms with Gasteiger partial charge in [0.05, 0.1) is 17.6 Å². The molecule has 2 aromatic rings. The molecular weight excluding hydrogens is 324 g/mol. The number of aliphatic hydroxyl groups excluding tert-OH is 1. The van der Waals surface area contributed by atoms with Crippen LogP contribution in [0.2, 0.25) is 5.02 Å². The molecule has 0 fully saturated rings. The van der Waals surface area contributed by atoms with E-state index in [1.54, 1.807) is 24.3 Å². The molecule has 122 valence electrons. The van der Waals surface area contributed by atoms with Crippen molar-refractivity contribution in [1.29, 1.82) is 0 Å². The largest absolute Gasteiger partial charge is 0.394 e. The summed E-state index contributed by atoms with van der Waals surface area (Å²) in [4.78, 5) is 21.9. The third-order valence-electron chi connectivity index (χ3n) is 3.19. The average Bonchev–Trinajstić information content (AvgIpc) is 3.01. The summed E-state index contributed by atoms with van der Waals surface area (Å²) in [6.45, 7) is -0.0426. The van der Waals surface area contributed by atoms with E-state index in [9.17, 15) is 20.0 Å². The lowest BCUT2D eigenvalue weighted by atomic mass is 10.1. The summed E-state index contributed by atoms with van der Waals surface area (Å²) in [5, 5.41) is 27.0. The van der Waals surface area contributed by atoms with Crippen LogP contribution in [0.25, 0.3) is 0 Å². The fourth-order valence-electron chi connectivity index (χ4n) is 1.98. The number of carbonyl (C=O) groups excluding carboxylic acids is 1. The van der Waals surface area contributed by atoms with Gasteiger partial charge in [-0.3, -0.25) is 19.6 Å². The van der Waals surface area contributed by atoms with E-state index in [0.29, 0.717) is 5.02 Å². The van der Waals surface area contributed by atoms with Crippen molar-refractivity contribution in [1.82, 2.24) is 15.1 Å². The number of rotatable bonds is 7. The number of hydrogen-bond acceptors (Lipinski definition) is 5. The van der Waals surface area contributed by atoms with Crippen molar-refractivity contribution in [2.75, 3.05) is 6.61 Å². The van der Waals surface area contributed by atoms with Gasteiger partial charge in [-0.15, -0.1) is 0 Å². The molecule has 1 amide bonds. The predicted octanol–water partition coefficient (Wildman–Crippen LogP) is 1.68. The van der Waals surface area contributed by atoms with Crippen LogP contribution in [-0.2, 0) is 11.3 Å². The summed E-state index contributed by atoms with van der Waals surface area (Å²) in [6, 6.07) is 6.26. The molecule has 1 aromatic heterocycles. The van der Waals surface area contributed by atoms with Gasteiger partial charge in [-0.2, -0.15) is 5.10 Å². The van der Waals surface area contributed by atoms with E-state index in [2.05, 4.69) is 10.4 Å². The first-order valence-corrected chi connectivity index (χ1v) is 7.20. The summed E-state index contributed by atoms with van der Waals surface area (Å²) in [7, 11) is 0. The maximum absolute atomic E-state index is 11.9. The van der Waals surface area contributed by atoms with Crippen LogP contribution in [0, 0.1) is 10.1 Å². The fraction of sp³-hybridized carbons (Fsp3) is 0.286. The third-order valence-corrected chi connectivity index (χ3v) is 3.44. The number of hydrogen-bond donors (Lipinski definition) is 2. The lowest BCUT2D eigenvalue weighted by molar-refractivity contribution is -0.385. The Labute approximate surface area is 136 Å². The summed E-state index contributed by atoms with van der Waals surface area (Å²) < 4.78 is 1.33. The van der Waals surface area contributed by atoms with Gasteiger partial charge in [-0.1, -0.05) is 23.7 Å². The standard InChI is InChI=1S/C14H15ClN4O4/c15-11-3-1-10(2-4-11)13(9-20)17-14(21)5-6-18-8-12(7-16-18)19(22)23/h1-4,7-8,13,20H,5-6,9H2,(H,17,21).